The molecule has 0 aliphatic carbocycles. The fourth-order valence-corrected chi connectivity index (χ4v) is 1.30. The van der Waals surface area contributed by atoms with Crippen molar-refractivity contribution < 1.29 is 8.78 Å². The highest BCUT2D eigenvalue weighted by Gasteiger charge is 2.50. The molecule has 0 heterocycles. The zero-order valence-corrected chi connectivity index (χ0v) is 8.32. The summed E-state index contributed by atoms with van der Waals surface area (Å²) in [5, 5.41) is 0. The van der Waals surface area contributed by atoms with Gasteiger partial charge < -0.3 is 5.73 Å². The van der Waals surface area contributed by atoms with E-state index in [0.29, 0.717) is 12.8 Å². The van der Waals surface area contributed by atoms with E-state index in [1.54, 1.807) is 13.8 Å². The number of halogens is 2. The molecule has 0 radical (unpaired) electrons. The number of rotatable bonds is 4. The monoisotopic (exact) mass is 179 g/mol. The van der Waals surface area contributed by atoms with Crippen molar-refractivity contribution in [3.8, 4) is 0 Å². The van der Waals surface area contributed by atoms with E-state index in [0.717, 1.165) is 0 Å². The standard InChI is InChI=1S/C9H19F2N/c1-5-8(12,6-2)9(10,11)7(3)4/h7H,5-6,12H2,1-4H3. The third-order valence-corrected chi connectivity index (χ3v) is 2.65. The lowest BCUT2D eigenvalue weighted by molar-refractivity contribution is -0.115. The molecule has 0 aromatic carbocycles. The molecule has 0 spiro atoms. The highest BCUT2D eigenvalue weighted by Crippen LogP contribution is 2.38. The average Bonchev–Trinajstić information content (AvgIpc) is 2.02. The summed E-state index contributed by atoms with van der Waals surface area (Å²) in [5.41, 5.74) is 4.29. The van der Waals surface area contributed by atoms with Crippen molar-refractivity contribution in [2.75, 3.05) is 0 Å². The maximum Gasteiger partial charge on any atom is 0.267 e. The molecule has 0 saturated heterocycles. The first kappa shape index (κ1) is 11.8. The van der Waals surface area contributed by atoms with E-state index in [1.807, 2.05) is 0 Å². The highest BCUT2D eigenvalue weighted by atomic mass is 19.3. The fourth-order valence-electron chi connectivity index (χ4n) is 1.30. The molecule has 0 amide bonds. The number of hydrogen-bond acceptors (Lipinski definition) is 1. The first-order valence-electron chi connectivity index (χ1n) is 4.48. The van der Waals surface area contributed by atoms with Gasteiger partial charge in [0, 0.05) is 5.92 Å². The summed E-state index contributed by atoms with van der Waals surface area (Å²) >= 11 is 0. The Balaban J connectivity index is 4.70. The van der Waals surface area contributed by atoms with E-state index >= 15 is 0 Å². The van der Waals surface area contributed by atoms with Gasteiger partial charge in [-0.05, 0) is 12.8 Å². The van der Waals surface area contributed by atoms with Gasteiger partial charge in [0.2, 0.25) is 0 Å². The highest BCUT2D eigenvalue weighted by molar-refractivity contribution is 4.97. The average molecular weight is 179 g/mol. The lowest BCUT2D eigenvalue weighted by atomic mass is 9.81. The summed E-state index contributed by atoms with van der Waals surface area (Å²) in [6, 6.07) is 0. The van der Waals surface area contributed by atoms with Crippen LogP contribution in [-0.2, 0) is 0 Å². The normalized spacial score (nSPS) is 14.0. The lowest BCUT2D eigenvalue weighted by Crippen LogP contribution is -2.57. The molecular formula is C9H19F2N. The molecule has 2 N–H and O–H groups in total. The van der Waals surface area contributed by atoms with Gasteiger partial charge in [-0.1, -0.05) is 27.7 Å². The first-order valence-corrected chi connectivity index (χ1v) is 4.48. The Bertz CT molecular complexity index is 137. The third kappa shape index (κ3) is 1.76. The van der Waals surface area contributed by atoms with Crippen LogP contribution in [0.25, 0.3) is 0 Å². The summed E-state index contributed by atoms with van der Waals surface area (Å²) in [6.07, 6.45) is 0.628. The Labute approximate surface area is 73.3 Å². The number of alkyl halides is 2. The van der Waals surface area contributed by atoms with Crippen LogP contribution in [0.4, 0.5) is 8.78 Å². The van der Waals surface area contributed by atoms with Crippen LogP contribution in [0, 0.1) is 5.92 Å². The molecule has 74 valence electrons. The van der Waals surface area contributed by atoms with Gasteiger partial charge in [0.05, 0.1) is 5.54 Å². The first-order chi connectivity index (χ1) is 5.31. The van der Waals surface area contributed by atoms with E-state index in [4.69, 9.17) is 5.73 Å². The summed E-state index contributed by atoms with van der Waals surface area (Å²) in [5.74, 6) is -3.46. The minimum atomic E-state index is -2.77. The van der Waals surface area contributed by atoms with Crippen LogP contribution in [0.15, 0.2) is 0 Å². The van der Waals surface area contributed by atoms with Crippen LogP contribution < -0.4 is 5.73 Å². The van der Waals surface area contributed by atoms with Crippen molar-refractivity contribution in [1.29, 1.82) is 0 Å². The summed E-state index contributed by atoms with van der Waals surface area (Å²) in [4.78, 5) is 0. The largest absolute Gasteiger partial charge is 0.320 e. The van der Waals surface area contributed by atoms with Crippen LogP contribution in [-0.4, -0.2) is 11.5 Å². The van der Waals surface area contributed by atoms with Gasteiger partial charge >= 0.3 is 0 Å². The predicted molar refractivity (Wildman–Crippen MR) is 47.3 cm³/mol. The van der Waals surface area contributed by atoms with E-state index in [2.05, 4.69) is 0 Å². The Kier molecular flexibility index (Phi) is 3.63. The summed E-state index contributed by atoms with van der Waals surface area (Å²) < 4.78 is 26.9. The van der Waals surface area contributed by atoms with Crippen LogP contribution in [0.5, 0.6) is 0 Å². The van der Waals surface area contributed by atoms with Crippen LogP contribution in [0.3, 0.4) is 0 Å². The molecule has 0 aromatic heterocycles. The molecule has 1 nitrogen and oxygen atoms in total. The fraction of sp³-hybridized carbons (Fsp3) is 1.00. The second kappa shape index (κ2) is 3.69. The molecule has 0 bridgehead atoms. The molecule has 0 saturated carbocycles. The third-order valence-electron chi connectivity index (χ3n) is 2.65. The SMILES string of the molecule is CCC(N)(CC)C(F)(F)C(C)C. The van der Waals surface area contributed by atoms with Crippen molar-refractivity contribution in [2.24, 2.45) is 11.7 Å². The van der Waals surface area contributed by atoms with Crippen LogP contribution in [0.2, 0.25) is 0 Å². The van der Waals surface area contributed by atoms with Gasteiger partial charge in [-0.25, -0.2) is 8.78 Å². The zero-order valence-electron chi connectivity index (χ0n) is 8.32. The molecule has 0 atom stereocenters. The number of nitrogens with two attached hydrogens (primary N) is 1. The molecular weight excluding hydrogens is 160 g/mol. The van der Waals surface area contributed by atoms with Crippen molar-refractivity contribution >= 4 is 0 Å². The summed E-state index contributed by atoms with van der Waals surface area (Å²) in [6.45, 7) is 6.43. The second-order valence-electron chi connectivity index (χ2n) is 3.64. The molecule has 0 aliphatic rings. The van der Waals surface area contributed by atoms with Gasteiger partial charge in [-0.2, -0.15) is 0 Å². The van der Waals surface area contributed by atoms with Crippen molar-refractivity contribution in [1.82, 2.24) is 0 Å². The maximum atomic E-state index is 13.5. The zero-order chi connectivity index (χ0) is 9.99. The minimum absolute atomic E-state index is 0.314. The van der Waals surface area contributed by atoms with Crippen molar-refractivity contribution in [2.45, 2.75) is 52.0 Å². The summed E-state index contributed by atoms with van der Waals surface area (Å²) in [7, 11) is 0. The molecule has 0 fully saturated rings. The van der Waals surface area contributed by atoms with E-state index in [-0.39, 0.29) is 0 Å². The van der Waals surface area contributed by atoms with Gasteiger partial charge in [-0.3, -0.25) is 0 Å². The molecule has 0 aromatic rings. The predicted octanol–water partition coefficient (Wildman–Crippen LogP) is 2.80. The molecule has 3 heteroatoms. The topological polar surface area (TPSA) is 26.0 Å². The Hall–Kier alpha value is -0.180. The quantitative estimate of drug-likeness (QED) is 0.705. The molecule has 0 rings (SSSR count). The van der Waals surface area contributed by atoms with Gasteiger partial charge in [0.15, 0.2) is 0 Å². The Morgan fingerprint density at radius 2 is 1.50 bits per heavy atom. The smallest absolute Gasteiger partial charge is 0.267 e. The lowest BCUT2D eigenvalue weighted by Gasteiger charge is -2.38. The second-order valence-corrected chi connectivity index (χ2v) is 3.64. The minimum Gasteiger partial charge on any atom is -0.320 e. The Morgan fingerprint density at radius 3 is 1.58 bits per heavy atom. The van der Waals surface area contributed by atoms with E-state index < -0.39 is 17.4 Å². The van der Waals surface area contributed by atoms with Gasteiger partial charge in [-0.15, -0.1) is 0 Å². The van der Waals surface area contributed by atoms with E-state index in [9.17, 15) is 8.78 Å². The van der Waals surface area contributed by atoms with Crippen LogP contribution in [0.1, 0.15) is 40.5 Å². The van der Waals surface area contributed by atoms with Crippen LogP contribution >= 0.6 is 0 Å². The van der Waals surface area contributed by atoms with Gasteiger partial charge in [0.25, 0.3) is 5.92 Å². The molecule has 12 heavy (non-hydrogen) atoms. The van der Waals surface area contributed by atoms with Crippen molar-refractivity contribution in [3.05, 3.63) is 0 Å². The molecule has 0 aliphatic heterocycles. The van der Waals surface area contributed by atoms with Crippen molar-refractivity contribution in [3.63, 3.8) is 0 Å². The Morgan fingerprint density at radius 1 is 1.17 bits per heavy atom. The van der Waals surface area contributed by atoms with E-state index in [1.165, 1.54) is 13.8 Å². The number of hydrogen-bond donors (Lipinski definition) is 1. The maximum absolute atomic E-state index is 13.5. The molecule has 0 unspecified atom stereocenters. The van der Waals surface area contributed by atoms with Gasteiger partial charge in [0.1, 0.15) is 0 Å².